The van der Waals surface area contributed by atoms with Gasteiger partial charge in [0, 0.05) is 63.0 Å². The third kappa shape index (κ3) is 6.36. The van der Waals surface area contributed by atoms with E-state index >= 15 is 0 Å². The van der Waals surface area contributed by atoms with Crippen molar-refractivity contribution < 1.29 is 24.6 Å². The first kappa shape index (κ1) is 26.0. The molecule has 1 atom stereocenters. The number of piperazine rings is 1. The Labute approximate surface area is 214 Å². The van der Waals surface area contributed by atoms with E-state index in [9.17, 15) is 4.79 Å². The number of likely N-dealkylation sites (N-methyl/N-ethyl adjacent to an activating group) is 1. The fourth-order valence-electron chi connectivity index (χ4n) is 4.88. The molecule has 1 saturated heterocycles. The summed E-state index contributed by atoms with van der Waals surface area (Å²) in [5.74, 6) is -2.03. The van der Waals surface area contributed by atoms with Gasteiger partial charge in [-0.2, -0.15) is 0 Å². The molecule has 196 valence electrons. The SMILES string of the molecule is CNC(=O)CN1C[C@@H](CCN2CCN(c3cc4cc[nH]c4cn3)CC2)c2ccccc21.O=C(O)C(=O)O. The second kappa shape index (κ2) is 11.7. The summed E-state index contributed by atoms with van der Waals surface area (Å²) >= 11 is 0. The minimum Gasteiger partial charge on any atom is -0.473 e. The van der Waals surface area contributed by atoms with Crippen LogP contribution in [0, 0.1) is 0 Å². The molecule has 1 aromatic carbocycles. The highest BCUT2D eigenvalue weighted by molar-refractivity contribution is 6.27. The fourth-order valence-corrected chi connectivity index (χ4v) is 4.88. The van der Waals surface area contributed by atoms with Gasteiger partial charge in [-0.25, -0.2) is 14.6 Å². The van der Waals surface area contributed by atoms with Crippen LogP contribution < -0.4 is 15.1 Å². The second-order valence-corrected chi connectivity index (χ2v) is 9.14. The first-order chi connectivity index (χ1) is 17.9. The van der Waals surface area contributed by atoms with Crippen LogP contribution in [0.4, 0.5) is 11.5 Å². The van der Waals surface area contributed by atoms with E-state index in [0.717, 1.165) is 57.0 Å². The normalized spacial score (nSPS) is 17.2. The van der Waals surface area contributed by atoms with Crippen molar-refractivity contribution in [1.82, 2.24) is 20.2 Å². The van der Waals surface area contributed by atoms with Crippen LogP contribution in [0.15, 0.2) is 48.8 Å². The molecule has 3 aromatic rings. The van der Waals surface area contributed by atoms with Crippen molar-refractivity contribution >= 4 is 40.3 Å². The van der Waals surface area contributed by atoms with Crippen LogP contribution in [0.1, 0.15) is 17.9 Å². The molecule has 4 heterocycles. The Morgan fingerprint density at radius 2 is 1.81 bits per heavy atom. The Bertz CT molecular complexity index is 1240. The van der Waals surface area contributed by atoms with E-state index in [-0.39, 0.29) is 5.91 Å². The molecule has 11 heteroatoms. The third-order valence-electron chi connectivity index (χ3n) is 6.87. The largest absolute Gasteiger partial charge is 0.473 e. The van der Waals surface area contributed by atoms with Gasteiger partial charge >= 0.3 is 11.9 Å². The van der Waals surface area contributed by atoms with Gasteiger partial charge in [-0.3, -0.25) is 9.69 Å². The van der Waals surface area contributed by atoms with Gasteiger partial charge in [0.2, 0.25) is 5.91 Å². The van der Waals surface area contributed by atoms with Crippen LogP contribution in [0.5, 0.6) is 0 Å². The van der Waals surface area contributed by atoms with E-state index in [1.54, 1.807) is 7.05 Å². The molecule has 2 aliphatic rings. The fraction of sp³-hybridized carbons (Fsp3) is 0.385. The number of benzene rings is 1. The number of H-pyrrole nitrogens is 1. The maximum atomic E-state index is 11.9. The van der Waals surface area contributed by atoms with E-state index in [1.807, 2.05) is 12.4 Å². The smallest absolute Gasteiger partial charge is 0.414 e. The number of nitrogens with one attached hydrogen (secondary N) is 2. The van der Waals surface area contributed by atoms with E-state index in [1.165, 1.54) is 16.6 Å². The van der Waals surface area contributed by atoms with E-state index in [2.05, 4.69) is 66.4 Å². The zero-order valence-corrected chi connectivity index (χ0v) is 20.8. The highest BCUT2D eigenvalue weighted by atomic mass is 16.4. The molecule has 0 aliphatic carbocycles. The van der Waals surface area contributed by atoms with Crippen molar-refractivity contribution in [2.75, 3.05) is 62.7 Å². The van der Waals surface area contributed by atoms with Crippen molar-refractivity contribution in [3.05, 3.63) is 54.4 Å². The number of anilines is 2. The summed E-state index contributed by atoms with van der Waals surface area (Å²) in [7, 11) is 1.70. The first-order valence-corrected chi connectivity index (χ1v) is 12.3. The molecule has 0 bridgehead atoms. The number of carbonyl (C=O) groups excluding carboxylic acids is 1. The number of fused-ring (bicyclic) bond motifs is 2. The van der Waals surface area contributed by atoms with Gasteiger partial charge in [-0.1, -0.05) is 18.2 Å². The molecule has 1 amide bonds. The minimum absolute atomic E-state index is 0.0676. The van der Waals surface area contributed by atoms with Crippen molar-refractivity contribution in [2.24, 2.45) is 0 Å². The topological polar surface area (TPSA) is 142 Å². The second-order valence-electron chi connectivity index (χ2n) is 9.14. The molecule has 0 spiro atoms. The predicted molar refractivity (Wildman–Crippen MR) is 140 cm³/mol. The summed E-state index contributed by atoms with van der Waals surface area (Å²) < 4.78 is 0. The van der Waals surface area contributed by atoms with Gasteiger partial charge in [0.25, 0.3) is 0 Å². The Kier molecular flexibility index (Phi) is 8.24. The van der Waals surface area contributed by atoms with Gasteiger partial charge < -0.3 is 30.3 Å². The van der Waals surface area contributed by atoms with E-state index < -0.39 is 11.9 Å². The number of hydrogen-bond acceptors (Lipinski definition) is 7. The first-order valence-electron chi connectivity index (χ1n) is 12.3. The highest BCUT2D eigenvalue weighted by Crippen LogP contribution is 2.37. The summed E-state index contributed by atoms with van der Waals surface area (Å²) in [6, 6.07) is 12.8. The molecular weight excluding hydrogens is 476 g/mol. The Hall–Kier alpha value is -4.12. The number of para-hydroxylation sites is 1. The summed E-state index contributed by atoms with van der Waals surface area (Å²) in [6.45, 7) is 6.58. The average molecular weight is 509 g/mol. The standard InChI is InChI=1S/C24H30N6O.C2H2O4/c1-25-24(31)17-30-16-19(20-4-2-3-5-22(20)30)7-9-28-10-12-29(13-11-28)23-14-18-6-8-26-21(18)15-27-23;3-1(4)2(5)6/h2-6,8,14-15,19,26H,7,9-13,16-17H2,1H3,(H,25,31);(H,3,4)(H,5,6)/t19-;/m1./s1. The Morgan fingerprint density at radius 1 is 1.08 bits per heavy atom. The molecular formula is C26H32N6O5. The number of carboxylic acids is 2. The summed E-state index contributed by atoms with van der Waals surface area (Å²) in [5, 5.41) is 18.7. The maximum absolute atomic E-state index is 11.9. The van der Waals surface area contributed by atoms with Crippen molar-refractivity contribution in [3.63, 3.8) is 0 Å². The zero-order chi connectivity index (χ0) is 26.4. The minimum atomic E-state index is -1.82. The van der Waals surface area contributed by atoms with Crippen molar-refractivity contribution in [2.45, 2.75) is 12.3 Å². The molecule has 2 aromatic heterocycles. The molecule has 11 nitrogen and oxygen atoms in total. The number of nitrogens with zero attached hydrogens (tertiary/aromatic N) is 4. The average Bonchev–Trinajstić information content (AvgIpc) is 3.52. The van der Waals surface area contributed by atoms with Crippen LogP contribution in [-0.2, 0) is 14.4 Å². The lowest BCUT2D eigenvalue weighted by Crippen LogP contribution is -2.47. The van der Waals surface area contributed by atoms with E-state index in [4.69, 9.17) is 19.8 Å². The van der Waals surface area contributed by atoms with Crippen molar-refractivity contribution in [1.29, 1.82) is 0 Å². The number of carbonyl (C=O) groups is 3. The maximum Gasteiger partial charge on any atom is 0.414 e. The molecule has 5 rings (SSSR count). The van der Waals surface area contributed by atoms with Crippen molar-refractivity contribution in [3.8, 4) is 0 Å². The summed E-state index contributed by atoms with van der Waals surface area (Å²) in [6.07, 6.45) is 5.01. The van der Waals surface area contributed by atoms with Gasteiger partial charge in [0.15, 0.2) is 0 Å². The molecule has 0 unspecified atom stereocenters. The van der Waals surface area contributed by atoms with Crippen LogP contribution in [0.3, 0.4) is 0 Å². The number of aliphatic carboxylic acids is 2. The molecule has 2 aliphatic heterocycles. The van der Waals surface area contributed by atoms with Crippen LogP contribution in [0.25, 0.3) is 10.9 Å². The lowest BCUT2D eigenvalue weighted by atomic mass is 9.97. The van der Waals surface area contributed by atoms with Gasteiger partial charge in [-0.15, -0.1) is 0 Å². The molecule has 37 heavy (non-hydrogen) atoms. The lowest BCUT2D eigenvalue weighted by molar-refractivity contribution is -0.159. The van der Waals surface area contributed by atoms with Gasteiger partial charge in [0.1, 0.15) is 5.82 Å². The lowest BCUT2D eigenvalue weighted by Gasteiger charge is -2.35. The zero-order valence-electron chi connectivity index (χ0n) is 20.8. The molecule has 4 N–H and O–H groups in total. The summed E-state index contributed by atoms with van der Waals surface area (Å²) in [4.78, 5) is 45.1. The molecule has 1 fully saturated rings. The van der Waals surface area contributed by atoms with Crippen LogP contribution in [-0.4, -0.2) is 95.8 Å². The molecule has 0 saturated carbocycles. The number of hydrogen-bond donors (Lipinski definition) is 4. The molecule has 0 radical (unpaired) electrons. The number of amides is 1. The third-order valence-corrected chi connectivity index (χ3v) is 6.87. The number of aromatic amines is 1. The highest BCUT2D eigenvalue weighted by Gasteiger charge is 2.30. The van der Waals surface area contributed by atoms with Gasteiger partial charge in [-0.05, 0) is 36.7 Å². The number of aromatic nitrogens is 2. The number of carboxylic acid groups (broad SMARTS) is 2. The Balaban J connectivity index is 0.000000480. The van der Waals surface area contributed by atoms with Crippen LogP contribution in [0.2, 0.25) is 0 Å². The quantitative estimate of drug-likeness (QED) is 0.365. The van der Waals surface area contributed by atoms with Crippen LogP contribution >= 0.6 is 0 Å². The van der Waals surface area contributed by atoms with E-state index in [0.29, 0.717) is 12.5 Å². The number of pyridine rings is 1. The predicted octanol–water partition coefficient (Wildman–Crippen LogP) is 1.58. The monoisotopic (exact) mass is 508 g/mol. The van der Waals surface area contributed by atoms with Gasteiger partial charge in [0.05, 0.1) is 18.3 Å². The number of rotatable bonds is 6. The Morgan fingerprint density at radius 3 is 2.51 bits per heavy atom. The summed E-state index contributed by atoms with van der Waals surface area (Å²) in [5.41, 5.74) is 3.69.